The van der Waals surface area contributed by atoms with Gasteiger partial charge in [-0.25, -0.2) is 4.39 Å². The van der Waals surface area contributed by atoms with Gasteiger partial charge in [-0.2, -0.15) is 0 Å². The summed E-state index contributed by atoms with van der Waals surface area (Å²) in [6, 6.07) is 14.8. The van der Waals surface area contributed by atoms with Gasteiger partial charge >= 0.3 is 0 Å². The average Bonchev–Trinajstić information content (AvgIpc) is 2.58. The van der Waals surface area contributed by atoms with Crippen molar-refractivity contribution in [1.82, 2.24) is 10.6 Å². The first-order valence-corrected chi connectivity index (χ1v) is 8.88. The van der Waals surface area contributed by atoms with Crippen molar-refractivity contribution >= 4 is 21.8 Å². The molecule has 0 heterocycles. The first-order chi connectivity index (χ1) is 11.6. The summed E-state index contributed by atoms with van der Waals surface area (Å²) < 4.78 is 14.5. The molecule has 2 rings (SSSR count). The fourth-order valence-corrected chi connectivity index (χ4v) is 2.77. The van der Waals surface area contributed by atoms with E-state index in [1.165, 1.54) is 6.07 Å². The van der Waals surface area contributed by atoms with E-state index >= 15 is 0 Å². The van der Waals surface area contributed by atoms with Crippen molar-refractivity contribution in [3.05, 3.63) is 69.9 Å². The molecule has 128 valence electrons. The lowest BCUT2D eigenvalue weighted by molar-refractivity contribution is -0.120. The topological polar surface area (TPSA) is 41.1 Å². The normalized spacial score (nSPS) is 12.0. The summed E-state index contributed by atoms with van der Waals surface area (Å²) in [7, 11) is 0. The first kappa shape index (κ1) is 18.6. The van der Waals surface area contributed by atoms with E-state index in [1.54, 1.807) is 18.2 Å². The third kappa shape index (κ3) is 5.73. The monoisotopic (exact) mass is 392 g/mol. The quantitative estimate of drug-likeness (QED) is 0.712. The zero-order valence-corrected chi connectivity index (χ0v) is 15.3. The van der Waals surface area contributed by atoms with Gasteiger partial charge in [0.1, 0.15) is 5.82 Å². The minimum atomic E-state index is -0.230. The van der Waals surface area contributed by atoms with Gasteiger partial charge in [-0.15, -0.1) is 0 Å². The minimum Gasteiger partial charge on any atom is -0.355 e. The maximum atomic E-state index is 13.5. The summed E-state index contributed by atoms with van der Waals surface area (Å²) in [5.74, 6) is -0.312. The lowest BCUT2D eigenvalue weighted by Crippen LogP contribution is -2.36. The van der Waals surface area contributed by atoms with E-state index < -0.39 is 0 Å². The molecule has 2 aromatic carbocycles. The summed E-state index contributed by atoms with van der Waals surface area (Å²) in [6.45, 7) is 2.75. The smallest absolute Gasteiger partial charge is 0.233 e. The third-order valence-electron chi connectivity index (χ3n) is 3.86. The second kappa shape index (κ2) is 9.55. The van der Waals surface area contributed by atoms with Gasteiger partial charge in [0.15, 0.2) is 0 Å². The van der Waals surface area contributed by atoms with Crippen LogP contribution in [0.1, 0.15) is 30.5 Å². The lowest BCUT2D eigenvalue weighted by Gasteiger charge is -2.17. The molecule has 0 saturated heterocycles. The maximum absolute atomic E-state index is 13.5. The molecule has 1 amide bonds. The third-order valence-corrected chi connectivity index (χ3v) is 4.39. The van der Waals surface area contributed by atoms with Gasteiger partial charge in [0, 0.05) is 17.1 Å². The van der Waals surface area contributed by atoms with Gasteiger partial charge in [0.25, 0.3) is 0 Å². The molecule has 0 aliphatic rings. The lowest BCUT2D eigenvalue weighted by atomic mass is 10.0. The Kier molecular flexibility index (Phi) is 7.40. The van der Waals surface area contributed by atoms with E-state index in [-0.39, 0.29) is 24.3 Å². The number of carbonyl (C=O) groups excluding carboxylic acids is 1. The highest BCUT2D eigenvalue weighted by atomic mass is 79.9. The number of halogens is 2. The van der Waals surface area contributed by atoms with Gasteiger partial charge in [0.2, 0.25) is 5.91 Å². The van der Waals surface area contributed by atoms with Gasteiger partial charge in [-0.3, -0.25) is 4.79 Å². The highest BCUT2D eigenvalue weighted by Gasteiger charge is 2.10. The molecule has 0 aliphatic heterocycles. The van der Waals surface area contributed by atoms with Crippen LogP contribution in [0.15, 0.2) is 53.0 Å². The van der Waals surface area contributed by atoms with Crippen molar-refractivity contribution < 1.29 is 9.18 Å². The van der Waals surface area contributed by atoms with Crippen molar-refractivity contribution in [3.8, 4) is 0 Å². The number of hydrogen-bond donors (Lipinski definition) is 2. The molecule has 24 heavy (non-hydrogen) atoms. The molecule has 0 aliphatic carbocycles. The summed E-state index contributed by atoms with van der Waals surface area (Å²) in [5, 5.41) is 6.09. The van der Waals surface area contributed by atoms with Crippen LogP contribution in [0.5, 0.6) is 0 Å². The molecule has 2 aromatic rings. The Bertz CT molecular complexity index is 661. The average molecular weight is 393 g/mol. The van der Waals surface area contributed by atoms with Crippen LogP contribution < -0.4 is 10.6 Å². The van der Waals surface area contributed by atoms with Gasteiger partial charge in [0.05, 0.1) is 6.54 Å². The molecule has 0 fully saturated rings. The molecule has 3 nitrogen and oxygen atoms in total. The number of amides is 1. The Balaban J connectivity index is 1.75. The Hall–Kier alpha value is -1.72. The van der Waals surface area contributed by atoms with E-state index in [1.807, 2.05) is 24.3 Å². The van der Waals surface area contributed by atoms with Gasteiger partial charge in [-0.1, -0.05) is 53.2 Å². The minimum absolute atomic E-state index is 0.0816. The highest BCUT2D eigenvalue weighted by molar-refractivity contribution is 9.10. The molecule has 0 spiro atoms. The number of rotatable bonds is 8. The molecule has 0 unspecified atom stereocenters. The van der Waals surface area contributed by atoms with Crippen LogP contribution in [0.3, 0.4) is 0 Å². The molecular weight excluding hydrogens is 371 g/mol. The fourth-order valence-electron chi connectivity index (χ4n) is 2.51. The fraction of sp³-hybridized carbons (Fsp3) is 0.316. The molecule has 0 radical (unpaired) electrons. The van der Waals surface area contributed by atoms with Crippen molar-refractivity contribution in [2.75, 3.05) is 13.1 Å². The molecule has 5 heteroatoms. The largest absolute Gasteiger partial charge is 0.355 e. The summed E-state index contributed by atoms with van der Waals surface area (Å²) >= 11 is 3.42. The zero-order chi connectivity index (χ0) is 17.4. The first-order valence-electron chi connectivity index (χ1n) is 8.09. The van der Waals surface area contributed by atoms with Crippen LogP contribution in [-0.2, 0) is 11.2 Å². The second-order valence-corrected chi connectivity index (χ2v) is 6.50. The van der Waals surface area contributed by atoms with Crippen LogP contribution in [0.4, 0.5) is 4.39 Å². The summed E-state index contributed by atoms with van der Waals surface area (Å²) in [5.41, 5.74) is 1.77. The Labute approximate surface area is 150 Å². The molecular formula is C19H22BrFN2O. The molecule has 2 N–H and O–H groups in total. The van der Waals surface area contributed by atoms with Crippen LogP contribution in [0.2, 0.25) is 0 Å². The molecule has 0 saturated carbocycles. The molecule has 0 bridgehead atoms. The van der Waals surface area contributed by atoms with Crippen LogP contribution >= 0.6 is 15.9 Å². The van der Waals surface area contributed by atoms with Crippen LogP contribution in [-0.4, -0.2) is 19.0 Å². The van der Waals surface area contributed by atoms with Gasteiger partial charge in [-0.05, 0) is 42.2 Å². The predicted molar refractivity (Wildman–Crippen MR) is 98.3 cm³/mol. The van der Waals surface area contributed by atoms with Crippen molar-refractivity contribution in [2.24, 2.45) is 0 Å². The van der Waals surface area contributed by atoms with E-state index in [0.29, 0.717) is 18.5 Å². The number of benzene rings is 2. The Morgan fingerprint density at radius 1 is 1.17 bits per heavy atom. The number of nitrogens with one attached hydrogen (secondary N) is 2. The summed E-state index contributed by atoms with van der Waals surface area (Å²) in [6.07, 6.45) is 1.38. The van der Waals surface area contributed by atoms with Crippen LogP contribution in [0, 0.1) is 5.82 Å². The Morgan fingerprint density at radius 3 is 2.54 bits per heavy atom. The maximum Gasteiger partial charge on any atom is 0.233 e. The standard InChI is InChI=1S/C19H22BrFN2O/c1-2-18(15-7-9-16(20)10-8-15)23-13-19(24)22-12-11-14-5-3-4-6-17(14)21/h3-10,18,23H,2,11-13H2,1H3,(H,22,24)/t18-/m0/s1. The highest BCUT2D eigenvalue weighted by Crippen LogP contribution is 2.19. The summed E-state index contributed by atoms with van der Waals surface area (Å²) in [4.78, 5) is 11.9. The zero-order valence-electron chi connectivity index (χ0n) is 13.7. The predicted octanol–water partition coefficient (Wildman–Crippen LogP) is 3.99. The van der Waals surface area contributed by atoms with Crippen molar-refractivity contribution in [3.63, 3.8) is 0 Å². The van der Waals surface area contributed by atoms with E-state index in [9.17, 15) is 9.18 Å². The number of hydrogen-bond acceptors (Lipinski definition) is 2. The van der Waals surface area contributed by atoms with E-state index in [4.69, 9.17) is 0 Å². The number of carbonyl (C=O) groups is 1. The molecule has 1 atom stereocenters. The SMILES string of the molecule is CC[C@H](NCC(=O)NCCc1ccccc1F)c1ccc(Br)cc1. The van der Waals surface area contributed by atoms with Crippen LogP contribution in [0.25, 0.3) is 0 Å². The Morgan fingerprint density at radius 2 is 1.88 bits per heavy atom. The van der Waals surface area contributed by atoms with Crippen molar-refractivity contribution in [1.29, 1.82) is 0 Å². The van der Waals surface area contributed by atoms with E-state index in [2.05, 4.69) is 33.5 Å². The molecule has 0 aromatic heterocycles. The van der Waals surface area contributed by atoms with Crippen molar-refractivity contribution in [2.45, 2.75) is 25.8 Å². The van der Waals surface area contributed by atoms with Gasteiger partial charge < -0.3 is 10.6 Å². The second-order valence-electron chi connectivity index (χ2n) is 5.58. The van der Waals surface area contributed by atoms with E-state index in [0.717, 1.165) is 16.5 Å².